The molecule has 0 atom stereocenters. The number of carbonyl (C=O) groups excluding carboxylic acids is 1. The number of para-hydroxylation sites is 1. The van der Waals surface area contributed by atoms with E-state index in [2.05, 4.69) is 20.3 Å². The van der Waals surface area contributed by atoms with Crippen molar-refractivity contribution in [3.8, 4) is 0 Å². The molecule has 1 aliphatic carbocycles. The molecule has 1 aromatic carbocycles. The van der Waals surface area contributed by atoms with Crippen LogP contribution in [0.3, 0.4) is 0 Å². The first kappa shape index (κ1) is 19.3. The zero-order chi connectivity index (χ0) is 20.3. The fourth-order valence-corrected chi connectivity index (χ4v) is 5.53. The van der Waals surface area contributed by atoms with E-state index in [1.165, 1.54) is 29.5 Å². The van der Waals surface area contributed by atoms with E-state index in [-0.39, 0.29) is 5.91 Å². The number of nitrogens with one attached hydrogen (secondary N) is 1. The van der Waals surface area contributed by atoms with Crippen molar-refractivity contribution in [3.63, 3.8) is 0 Å². The van der Waals surface area contributed by atoms with Crippen LogP contribution in [-0.4, -0.2) is 20.9 Å². The van der Waals surface area contributed by atoms with Crippen molar-refractivity contribution in [2.75, 3.05) is 5.32 Å². The van der Waals surface area contributed by atoms with Crippen molar-refractivity contribution >= 4 is 45.1 Å². The Labute approximate surface area is 182 Å². The molecule has 0 fully saturated rings. The van der Waals surface area contributed by atoms with Gasteiger partial charge < -0.3 is 4.42 Å². The van der Waals surface area contributed by atoms with E-state index in [9.17, 15) is 4.79 Å². The molecule has 4 aromatic rings. The highest BCUT2D eigenvalue weighted by Crippen LogP contribution is 2.33. The van der Waals surface area contributed by atoms with E-state index in [0.717, 1.165) is 35.9 Å². The van der Waals surface area contributed by atoms with Gasteiger partial charge in [0.1, 0.15) is 5.58 Å². The highest BCUT2D eigenvalue weighted by atomic mass is 32.2. The first-order valence-corrected chi connectivity index (χ1v) is 11.8. The number of amides is 1. The van der Waals surface area contributed by atoms with Crippen LogP contribution >= 0.6 is 23.1 Å². The van der Waals surface area contributed by atoms with Crippen LogP contribution in [0.4, 0.5) is 5.13 Å². The number of anilines is 1. The van der Waals surface area contributed by atoms with E-state index in [4.69, 9.17) is 4.42 Å². The van der Waals surface area contributed by atoms with Crippen LogP contribution in [0.15, 0.2) is 52.3 Å². The van der Waals surface area contributed by atoms with Gasteiger partial charge in [0.15, 0.2) is 16.0 Å². The Morgan fingerprint density at radius 1 is 1.10 bits per heavy atom. The van der Waals surface area contributed by atoms with Crippen LogP contribution in [0, 0.1) is 0 Å². The number of aryl methyl sites for hydroxylation is 2. The van der Waals surface area contributed by atoms with E-state index in [1.807, 2.05) is 24.3 Å². The summed E-state index contributed by atoms with van der Waals surface area (Å²) < 4.78 is 5.95. The Bertz CT molecular complexity index is 1160. The van der Waals surface area contributed by atoms with E-state index in [0.29, 0.717) is 27.4 Å². The summed E-state index contributed by atoms with van der Waals surface area (Å²) >= 11 is 3.06. The predicted octanol–water partition coefficient (Wildman–Crippen LogP) is 5.49. The van der Waals surface area contributed by atoms with Gasteiger partial charge in [0.25, 0.3) is 5.91 Å². The summed E-state index contributed by atoms with van der Waals surface area (Å²) in [5, 5.41) is 5.22. The number of benzene rings is 1. The lowest BCUT2D eigenvalue weighted by Crippen LogP contribution is -2.12. The van der Waals surface area contributed by atoms with Crippen LogP contribution < -0.4 is 5.32 Å². The smallest absolute Gasteiger partial charge is 0.293 e. The van der Waals surface area contributed by atoms with Gasteiger partial charge in [-0.05, 0) is 37.8 Å². The second-order valence-corrected chi connectivity index (χ2v) is 9.16. The second kappa shape index (κ2) is 8.57. The van der Waals surface area contributed by atoms with Gasteiger partial charge in [-0.2, -0.15) is 0 Å². The average Bonchev–Trinajstić information content (AvgIpc) is 3.26. The third-order valence-corrected chi connectivity index (χ3v) is 7.08. The normalized spacial score (nSPS) is 13.7. The molecular weight excluding hydrogens is 416 g/mol. The Morgan fingerprint density at radius 2 is 1.93 bits per heavy atom. The summed E-state index contributed by atoms with van der Waals surface area (Å²) in [6.07, 6.45) is 9.06. The predicted molar refractivity (Wildman–Crippen MR) is 119 cm³/mol. The van der Waals surface area contributed by atoms with Crippen molar-refractivity contribution in [2.24, 2.45) is 0 Å². The first-order chi connectivity index (χ1) is 14.8. The minimum absolute atomic E-state index is 0.264. The van der Waals surface area contributed by atoms with Gasteiger partial charge in [-0.25, -0.2) is 15.0 Å². The second-order valence-electron chi connectivity index (χ2n) is 7.13. The first-order valence-electron chi connectivity index (χ1n) is 9.98. The summed E-state index contributed by atoms with van der Waals surface area (Å²) in [5.74, 6) is 0.600. The largest absolute Gasteiger partial charge is 0.451 e. The maximum Gasteiger partial charge on any atom is 0.293 e. The molecule has 8 heteroatoms. The molecule has 0 aliphatic heterocycles. The zero-order valence-electron chi connectivity index (χ0n) is 16.3. The molecule has 0 saturated carbocycles. The summed E-state index contributed by atoms with van der Waals surface area (Å²) in [5.41, 5.74) is 2.68. The summed E-state index contributed by atoms with van der Waals surface area (Å²) in [6.45, 7) is 0. The van der Waals surface area contributed by atoms with Gasteiger partial charge in [0.05, 0.1) is 5.69 Å². The average molecular weight is 437 g/mol. The van der Waals surface area contributed by atoms with Gasteiger partial charge in [-0.3, -0.25) is 10.1 Å². The number of aromatic nitrogens is 3. The minimum atomic E-state index is -0.264. The molecule has 0 bridgehead atoms. The number of carbonyl (C=O) groups is 1. The molecular formula is C22H20N4O2S2. The van der Waals surface area contributed by atoms with Crippen molar-refractivity contribution in [1.82, 2.24) is 15.0 Å². The number of rotatable bonds is 5. The van der Waals surface area contributed by atoms with Crippen molar-refractivity contribution in [1.29, 1.82) is 0 Å². The number of hydrogen-bond donors (Lipinski definition) is 1. The Balaban J connectivity index is 1.42. The van der Waals surface area contributed by atoms with Gasteiger partial charge in [0, 0.05) is 34.0 Å². The van der Waals surface area contributed by atoms with E-state index >= 15 is 0 Å². The fourth-order valence-electron chi connectivity index (χ4n) is 3.66. The quantitative estimate of drug-likeness (QED) is 0.253. The number of thioether (sulfide) groups is 1. The summed E-state index contributed by atoms with van der Waals surface area (Å²) in [4.78, 5) is 27.6. The molecule has 0 unspecified atom stereocenters. The monoisotopic (exact) mass is 436 g/mol. The molecule has 30 heavy (non-hydrogen) atoms. The van der Waals surface area contributed by atoms with Gasteiger partial charge in [-0.15, -0.1) is 11.3 Å². The van der Waals surface area contributed by atoms with Crippen molar-refractivity contribution in [2.45, 2.75) is 43.0 Å². The van der Waals surface area contributed by atoms with Crippen molar-refractivity contribution in [3.05, 3.63) is 64.6 Å². The standard InChI is InChI=1S/C22H20N4O2S2/c27-20(26-22-25-16-8-2-1-3-10-18(16)30-22)19-15(13-29-21-23-11-6-12-24-21)14-7-4-5-9-17(14)28-19/h4-7,9,11-12H,1-3,8,10,13H2,(H,25,26,27). The van der Waals surface area contributed by atoms with Gasteiger partial charge in [0.2, 0.25) is 0 Å². The molecule has 1 amide bonds. The van der Waals surface area contributed by atoms with Crippen LogP contribution in [0.25, 0.3) is 11.0 Å². The summed E-state index contributed by atoms with van der Waals surface area (Å²) in [6, 6.07) is 9.49. The summed E-state index contributed by atoms with van der Waals surface area (Å²) in [7, 11) is 0. The Kier molecular flexibility index (Phi) is 5.50. The van der Waals surface area contributed by atoms with E-state index < -0.39 is 0 Å². The number of hydrogen-bond acceptors (Lipinski definition) is 7. The third-order valence-electron chi connectivity index (χ3n) is 5.11. The highest BCUT2D eigenvalue weighted by Gasteiger charge is 2.23. The van der Waals surface area contributed by atoms with E-state index in [1.54, 1.807) is 29.8 Å². The molecule has 0 saturated heterocycles. The Morgan fingerprint density at radius 3 is 2.83 bits per heavy atom. The zero-order valence-corrected chi connectivity index (χ0v) is 17.9. The number of fused-ring (bicyclic) bond motifs is 2. The fraction of sp³-hybridized carbons (Fsp3) is 0.273. The van der Waals surface area contributed by atoms with Crippen LogP contribution in [0.5, 0.6) is 0 Å². The third kappa shape index (κ3) is 3.97. The molecule has 5 rings (SSSR count). The maximum absolute atomic E-state index is 13.1. The lowest BCUT2D eigenvalue weighted by Gasteiger charge is -2.03. The van der Waals surface area contributed by atoms with Crippen molar-refractivity contribution < 1.29 is 9.21 Å². The molecule has 1 N–H and O–H groups in total. The lowest BCUT2D eigenvalue weighted by molar-refractivity contribution is 0.0998. The maximum atomic E-state index is 13.1. The SMILES string of the molecule is O=C(Nc1nc2c(s1)CCCCC2)c1oc2ccccc2c1CSc1ncccn1. The molecule has 6 nitrogen and oxygen atoms in total. The molecule has 152 valence electrons. The number of nitrogens with zero attached hydrogens (tertiary/aromatic N) is 3. The minimum Gasteiger partial charge on any atom is -0.451 e. The molecule has 0 radical (unpaired) electrons. The molecule has 3 heterocycles. The Hall–Kier alpha value is -2.71. The van der Waals surface area contributed by atoms with Crippen LogP contribution in [0.2, 0.25) is 0 Å². The van der Waals surface area contributed by atoms with Gasteiger partial charge in [-0.1, -0.05) is 36.4 Å². The lowest BCUT2D eigenvalue weighted by atomic mass is 10.1. The van der Waals surface area contributed by atoms with Crippen LogP contribution in [0.1, 0.15) is 46.0 Å². The molecule has 1 aliphatic rings. The van der Waals surface area contributed by atoms with Gasteiger partial charge >= 0.3 is 0 Å². The number of thiazole rings is 1. The molecule has 3 aromatic heterocycles. The molecule has 0 spiro atoms. The number of furan rings is 1. The highest BCUT2D eigenvalue weighted by molar-refractivity contribution is 7.98. The van der Waals surface area contributed by atoms with Crippen LogP contribution in [-0.2, 0) is 18.6 Å². The topological polar surface area (TPSA) is 80.9 Å².